The smallest absolute Gasteiger partial charge is 0.0412 e. The van der Waals surface area contributed by atoms with Crippen molar-refractivity contribution in [2.24, 2.45) is 0 Å². The van der Waals surface area contributed by atoms with Gasteiger partial charge in [0.05, 0.1) is 0 Å². The molecule has 1 aromatic rings. The Labute approximate surface area is 122 Å². The molecule has 0 saturated carbocycles. The molecule has 1 N–H and O–H groups in total. The number of thioether (sulfide) groups is 1. The molecule has 0 amide bonds. The fraction of sp³-hybridized carbons (Fsp3) is 0.625. The average Bonchev–Trinajstić information content (AvgIpc) is 2.35. The Morgan fingerprint density at radius 2 is 2.16 bits per heavy atom. The molecule has 2 nitrogen and oxygen atoms in total. The van der Waals surface area contributed by atoms with Gasteiger partial charge in [-0.15, -0.1) is 0 Å². The zero-order valence-electron chi connectivity index (χ0n) is 12.6. The van der Waals surface area contributed by atoms with Gasteiger partial charge in [0.15, 0.2) is 0 Å². The van der Waals surface area contributed by atoms with Crippen molar-refractivity contribution in [2.75, 3.05) is 30.3 Å². The van der Waals surface area contributed by atoms with Crippen LogP contribution in [0.5, 0.6) is 0 Å². The van der Waals surface area contributed by atoms with Crippen LogP contribution in [0.15, 0.2) is 18.2 Å². The molecule has 0 aromatic heterocycles. The molecule has 106 valence electrons. The van der Waals surface area contributed by atoms with Crippen molar-refractivity contribution in [3.05, 3.63) is 29.3 Å². The predicted octanol–water partition coefficient (Wildman–Crippen LogP) is 3.44. The molecule has 1 aliphatic heterocycles. The Morgan fingerprint density at radius 3 is 2.84 bits per heavy atom. The number of hydrogen-bond donors (Lipinski definition) is 1. The van der Waals surface area contributed by atoms with Gasteiger partial charge in [0, 0.05) is 35.8 Å². The standard InChI is InChI=1S/C16H26N2S/c1-5-17-11-14-10-13(2)6-7-15(14)18-8-9-19-16(3,4)12-18/h6-7,10,17H,5,8-9,11-12H2,1-4H3. The van der Waals surface area contributed by atoms with Crippen LogP contribution >= 0.6 is 11.8 Å². The van der Waals surface area contributed by atoms with E-state index in [9.17, 15) is 0 Å². The SMILES string of the molecule is CCNCc1cc(C)ccc1N1CCSC(C)(C)C1. The van der Waals surface area contributed by atoms with Crippen LogP contribution < -0.4 is 10.2 Å². The van der Waals surface area contributed by atoms with Crippen LogP contribution in [0.1, 0.15) is 31.9 Å². The molecule has 2 rings (SSSR count). The number of aryl methyl sites for hydroxylation is 1. The first-order chi connectivity index (χ1) is 9.02. The number of benzene rings is 1. The zero-order valence-corrected chi connectivity index (χ0v) is 13.4. The molecule has 0 aliphatic carbocycles. The third-order valence-corrected chi connectivity index (χ3v) is 4.86. The van der Waals surface area contributed by atoms with Crippen molar-refractivity contribution in [1.82, 2.24) is 5.32 Å². The highest BCUT2D eigenvalue weighted by atomic mass is 32.2. The summed E-state index contributed by atoms with van der Waals surface area (Å²) in [6.07, 6.45) is 0. The van der Waals surface area contributed by atoms with Gasteiger partial charge in [0.1, 0.15) is 0 Å². The second-order valence-electron chi connectivity index (χ2n) is 5.94. The van der Waals surface area contributed by atoms with Gasteiger partial charge in [-0.2, -0.15) is 11.8 Å². The van der Waals surface area contributed by atoms with Crippen molar-refractivity contribution in [3.8, 4) is 0 Å². The highest BCUT2D eigenvalue weighted by Crippen LogP contribution is 2.33. The van der Waals surface area contributed by atoms with Gasteiger partial charge < -0.3 is 10.2 Å². The molecular formula is C16H26N2S. The van der Waals surface area contributed by atoms with E-state index < -0.39 is 0 Å². The van der Waals surface area contributed by atoms with E-state index in [0.717, 1.165) is 26.2 Å². The molecule has 0 radical (unpaired) electrons. The number of anilines is 1. The normalized spacial score (nSPS) is 18.6. The Morgan fingerprint density at radius 1 is 1.37 bits per heavy atom. The average molecular weight is 278 g/mol. The lowest BCUT2D eigenvalue weighted by atomic mass is 10.1. The Bertz CT molecular complexity index is 429. The van der Waals surface area contributed by atoms with E-state index in [1.54, 1.807) is 0 Å². The number of rotatable bonds is 4. The lowest BCUT2D eigenvalue weighted by Crippen LogP contribution is -2.43. The van der Waals surface area contributed by atoms with Crippen molar-refractivity contribution in [3.63, 3.8) is 0 Å². The lowest BCUT2D eigenvalue weighted by Gasteiger charge is -2.40. The lowest BCUT2D eigenvalue weighted by molar-refractivity contribution is 0.641. The maximum Gasteiger partial charge on any atom is 0.0412 e. The van der Waals surface area contributed by atoms with Crippen molar-refractivity contribution < 1.29 is 0 Å². The predicted molar refractivity (Wildman–Crippen MR) is 87.3 cm³/mol. The fourth-order valence-corrected chi connectivity index (χ4v) is 3.76. The first kappa shape index (κ1) is 14.7. The van der Waals surface area contributed by atoms with E-state index in [2.05, 4.69) is 67.9 Å². The Hall–Kier alpha value is -0.670. The Kier molecular flexibility index (Phi) is 4.80. The summed E-state index contributed by atoms with van der Waals surface area (Å²) in [6, 6.07) is 6.86. The summed E-state index contributed by atoms with van der Waals surface area (Å²) in [6.45, 7) is 13.3. The summed E-state index contributed by atoms with van der Waals surface area (Å²) >= 11 is 2.09. The van der Waals surface area contributed by atoms with Crippen LogP contribution in [0.25, 0.3) is 0 Å². The van der Waals surface area contributed by atoms with Gasteiger partial charge in [-0.05, 0) is 38.9 Å². The van der Waals surface area contributed by atoms with E-state index in [0.29, 0.717) is 4.75 Å². The topological polar surface area (TPSA) is 15.3 Å². The molecule has 0 spiro atoms. The van der Waals surface area contributed by atoms with Gasteiger partial charge in [0.25, 0.3) is 0 Å². The van der Waals surface area contributed by atoms with Gasteiger partial charge >= 0.3 is 0 Å². The van der Waals surface area contributed by atoms with Crippen molar-refractivity contribution in [2.45, 2.75) is 39.0 Å². The molecule has 1 heterocycles. The number of nitrogens with zero attached hydrogens (tertiary/aromatic N) is 1. The van der Waals surface area contributed by atoms with Crippen molar-refractivity contribution in [1.29, 1.82) is 0 Å². The summed E-state index contributed by atoms with van der Waals surface area (Å²) in [5.41, 5.74) is 4.20. The monoisotopic (exact) mass is 278 g/mol. The number of hydrogen-bond acceptors (Lipinski definition) is 3. The molecule has 3 heteroatoms. The fourth-order valence-electron chi connectivity index (χ4n) is 2.65. The van der Waals surface area contributed by atoms with Gasteiger partial charge in [-0.25, -0.2) is 0 Å². The van der Waals surface area contributed by atoms with E-state index in [4.69, 9.17) is 0 Å². The minimum atomic E-state index is 0.360. The van der Waals surface area contributed by atoms with E-state index in [1.807, 2.05) is 0 Å². The molecule has 0 bridgehead atoms. The number of nitrogens with one attached hydrogen (secondary N) is 1. The van der Waals surface area contributed by atoms with E-state index in [-0.39, 0.29) is 0 Å². The second-order valence-corrected chi connectivity index (χ2v) is 7.74. The van der Waals surface area contributed by atoms with Gasteiger partial charge in [-0.3, -0.25) is 0 Å². The molecule has 1 fully saturated rings. The summed E-state index contributed by atoms with van der Waals surface area (Å²) in [7, 11) is 0. The second kappa shape index (κ2) is 6.19. The first-order valence-corrected chi connectivity index (χ1v) is 8.19. The molecule has 1 aliphatic rings. The van der Waals surface area contributed by atoms with Crippen LogP contribution in [0, 0.1) is 6.92 Å². The first-order valence-electron chi connectivity index (χ1n) is 7.21. The molecule has 19 heavy (non-hydrogen) atoms. The minimum absolute atomic E-state index is 0.360. The molecule has 0 atom stereocenters. The van der Waals surface area contributed by atoms with Gasteiger partial charge in [0.2, 0.25) is 0 Å². The third-order valence-electron chi connectivity index (χ3n) is 3.57. The van der Waals surface area contributed by atoms with Crippen LogP contribution in [-0.2, 0) is 6.54 Å². The quantitative estimate of drug-likeness (QED) is 0.908. The van der Waals surface area contributed by atoms with Crippen molar-refractivity contribution >= 4 is 17.4 Å². The van der Waals surface area contributed by atoms with Crippen LogP contribution in [0.4, 0.5) is 5.69 Å². The molecule has 1 aromatic carbocycles. The maximum absolute atomic E-state index is 3.46. The molecule has 0 unspecified atom stereocenters. The van der Waals surface area contributed by atoms with Crippen LogP contribution in [0.3, 0.4) is 0 Å². The molecular weight excluding hydrogens is 252 g/mol. The zero-order chi connectivity index (χ0) is 13.9. The van der Waals surface area contributed by atoms with Gasteiger partial charge in [-0.1, -0.05) is 24.6 Å². The summed E-state index contributed by atoms with van der Waals surface area (Å²) in [5, 5.41) is 3.46. The summed E-state index contributed by atoms with van der Waals surface area (Å²) in [4.78, 5) is 2.56. The highest BCUT2D eigenvalue weighted by molar-refractivity contribution is 8.00. The third kappa shape index (κ3) is 3.90. The van der Waals surface area contributed by atoms with Crippen LogP contribution in [-0.4, -0.2) is 30.1 Å². The molecule has 1 saturated heterocycles. The summed E-state index contributed by atoms with van der Waals surface area (Å²) in [5.74, 6) is 1.22. The van der Waals surface area contributed by atoms with E-state index >= 15 is 0 Å². The van der Waals surface area contributed by atoms with E-state index in [1.165, 1.54) is 22.6 Å². The Balaban J connectivity index is 2.22. The largest absolute Gasteiger partial charge is 0.369 e. The van der Waals surface area contributed by atoms with Crippen LogP contribution in [0.2, 0.25) is 0 Å². The summed E-state index contributed by atoms with van der Waals surface area (Å²) < 4.78 is 0.360. The minimum Gasteiger partial charge on any atom is -0.369 e. The highest BCUT2D eigenvalue weighted by Gasteiger charge is 2.27. The maximum atomic E-state index is 3.46.